The predicted octanol–water partition coefficient (Wildman–Crippen LogP) is -0.661. The molecule has 0 aliphatic carbocycles. The molecular formula is C8H18N2O2. The van der Waals surface area contributed by atoms with Crippen molar-refractivity contribution < 1.29 is 9.90 Å². The summed E-state index contributed by atoms with van der Waals surface area (Å²) in [7, 11) is 3.37. The van der Waals surface area contributed by atoms with E-state index in [0.29, 0.717) is 13.0 Å². The van der Waals surface area contributed by atoms with E-state index in [9.17, 15) is 9.90 Å². The van der Waals surface area contributed by atoms with Crippen molar-refractivity contribution in [1.82, 2.24) is 10.6 Å². The number of likely N-dealkylation sites (N-methyl/N-ethyl adjacent to an activating group) is 1. The van der Waals surface area contributed by atoms with Crippen molar-refractivity contribution >= 4 is 5.91 Å². The second-order valence-corrected chi connectivity index (χ2v) is 2.96. The van der Waals surface area contributed by atoms with E-state index in [1.165, 1.54) is 0 Å². The summed E-state index contributed by atoms with van der Waals surface area (Å²) in [6.07, 6.45) is 0.0582. The van der Waals surface area contributed by atoms with Crippen LogP contribution in [0.2, 0.25) is 0 Å². The molecule has 0 aliphatic rings. The third-order valence-electron chi connectivity index (χ3n) is 1.76. The summed E-state index contributed by atoms with van der Waals surface area (Å²) in [4.78, 5) is 11.0. The van der Waals surface area contributed by atoms with Gasteiger partial charge in [-0.05, 0) is 13.5 Å². The highest BCUT2D eigenvalue weighted by molar-refractivity contribution is 5.77. The molecule has 1 amide bonds. The van der Waals surface area contributed by atoms with Crippen molar-refractivity contribution in [1.29, 1.82) is 0 Å². The van der Waals surface area contributed by atoms with Gasteiger partial charge in [-0.2, -0.15) is 0 Å². The molecule has 4 heteroatoms. The van der Waals surface area contributed by atoms with E-state index < -0.39 is 6.10 Å². The van der Waals surface area contributed by atoms with Gasteiger partial charge in [-0.25, -0.2) is 0 Å². The average Bonchev–Trinajstić information content (AvgIpc) is 2.03. The van der Waals surface area contributed by atoms with E-state index in [0.717, 1.165) is 0 Å². The minimum absolute atomic E-state index is 0.0230. The molecule has 0 saturated carbocycles. The zero-order valence-electron chi connectivity index (χ0n) is 7.92. The second kappa shape index (κ2) is 5.97. The summed E-state index contributed by atoms with van der Waals surface area (Å²) < 4.78 is 0. The maximum atomic E-state index is 11.0. The van der Waals surface area contributed by atoms with Crippen molar-refractivity contribution in [2.24, 2.45) is 5.92 Å². The summed E-state index contributed by atoms with van der Waals surface area (Å²) in [6, 6.07) is 0. The largest absolute Gasteiger partial charge is 0.392 e. The molecule has 4 nitrogen and oxygen atoms in total. The molecule has 0 aromatic heterocycles. The minimum Gasteiger partial charge on any atom is -0.392 e. The monoisotopic (exact) mass is 174 g/mol. The van der Waals surface area contributed by atoms with Crippen LogP contribution in [0.4, 0.5) is 0 Å². The van der Waals surface area contributed by atoms with Gasteiger partial charge in [0.2, 0.25) is 5.91 Å². The predicted molar refractivity (Wildman–Crippen MR) is 47.8 cm³/mol. The average molecular weight is 174 g/mol. The Balaban J connectivity index is 3.67. The Labute approximate surface area is 73.3 Å². The van der Waals surface area contributed by atoms with Gasteiger partial charge in [-0.3, -0.25) is 4.79 Å². The lowest BCUT2D eigenvalue weighted by atomic mass is 10.0. The molecule has 72 valence electrons. The van der Waals surface area contributed by atoms with Gasteiger partial charge in [-0.1, -0.05) is 6.92 Å². The molecule has 12 heavy (non-hydrogen) atoms. The number of hydrogen-bond acceptors (Lipinski definition) is 3. The topological polar surface area (TPSA) is 61.4 Å². The summed E-state index contributed by atoms with van der Waals surface area (Å²) in [5.41, 5.74) is 0. The Hall–Kier alpha value is -0.610. The zero-order valence-corrected chi connectivity index (χ0v) is 7.92. The Morgan fingerprint density at radius 1 is 1.50 bits per heavy atom. The van der Waals surface area contributed by atoms with Crippen LogP contribution in [-0.4, -0.2) is 37.8 Å². The normalized spacial score (nSPS) is 15.3. The number of amides is 1. The van der Waals surface area contributed by atoms with Crippen molar-refractivity contribution in [2.75, 3.05) is 20.6 Å². The van der Waals surface area contributed by atoms with E-state index in [4.69, 9.17) is 0 Å². The van der Waals surface area contributed by atoms with Gasteiger partial charge < -0.3 is 15.7 Å². The smallest absolute Gasteiger partial charge is 0.222 e. The van der Waals surface area contributed by atoms with Gasteiger partial charge in [0, 0.05) is 19.5 Å². The molecule has 0 rings (SSSR count). The summed E-state index contributed by atoms with van der Waals surface area (Å²) in [5, 5.41) is 14.7. The first-order chi connectivity index (χ1) is 5.61. The van der Waals surface area contributed by atoms with Gasteiger partial charge in [0.1, 0.15) is 0 Å². The molecule has 0 fully saturated rings. The number of aliphatic hydroxyl groups excluding tert-OH is 1. The van der Waals surface area contributed by atoms with Crippen LogP contribution < -0.4 is 10.6 Å². The van der Waals surface area contributed by atoms with Gasteiger partial charge in [0.05, 0.1) is 6.10 Å². The number of carbonyl (C=O) groups is 1. The molecule has 0 aliphatic heterocycles. The fourth-order valence-electron chi connectivity index (χ4n) is 1.08. The van der Waals surface area contributed by atoms with Crippen LogP contribution in [0.5, 0.6) is 0 Å². The molecule has 0 spiro atoms. The first-order valence-corrected chi connectivity index (χ1v) is 4.16. The zero-order chi connectivity index (χ0) is 9.56. The van der Waals surface area contributed by atoms with Crippen molar-refractivity contribution in [2.45, 2.75) is 19.4 Å². The van der Waals surface area contributed by atoms with Crippen LogP contribution in [0.15, 0.2) is 0 Å². The summed E-state index contributed by atoms with van der Waals surface area (Å²) in [5.74, 6) is -0.150. The lowest BCUT2D eigenvalue weighted by molar-refractivity contribution is -0.124. The highest BCUT2D eigenvalue weighted by Gasteiger charge is 2.15. The molecule has 0 aromatic carbocycles. The Morgan fingerprint density at radius 3 is 2.50 bits per heavy atom. The molecular weight excluding hydrogens is 156 g/mol. The van der Waals surface area contributed by atoms with E-state index in [2.05, 4.69) is 10.6 Å². The van der Waals surface area contributed by atoms with Crippen LogP contribution in [0, 0.1) is 5.92 Å². The summed E-state index contributed by atoms with van der Waals surface area (Å²) >= 11 is 0. The van der Waals surface area contributed by atoms with Crippen LogP contribution in [0.25, 0.3) is 0 Å². The molecule has 0 aromatic rings. The maximum absolute atomic E-state index is 11.0. The van der Waals surface area contributed by atoms with Gasteiger partial charge in [-0.15, -0.1) is 0 Å². The maximum Gasteiger partial charge on any atom is 0.222 e. The SMILES string of the molecule is CNCC(O)CC(C)C(=O)NC. The lowest BCUT2D eigenvalue weighted by Crippen LogP contribution is -2.31. The molecule has 3 N–H and O–H groups in total. The molecule has 2 atom stereocenters. The van der Waals surface area contributed by atoms with Crippen molar-refractivity contribution in [3.63, 3.8) is 0 Å². The molecule has 0 bridgehead atoms. The van der Waals surface area contributed by atoms with Crippen LogP contribution in [-0.2, 0) is 4.79 Å². The van der Waals surface area contributed by atoms with Crippen LogP contribution >= 0.6 is 0 Å². The third-order valence-corrected chi connectivity index (χ3v) is 1.76. The third kappa shape index (κ3) is 4.31. The Morgan fingerprint density at radius 2 is 2.08 bits per heavy atom. The molecule has 2 unspecified atom stereocenters. The van der Waals surface area contributed by atoms with Gasteiger partial charge in [0.25, 0.3) is 0 Å². The first-order valence-electron chi connectivity index (χ1n) is 4.16. The number of carbonyl (C=O) groups excluding carboxylic acids is 1. The van der Waals surface area contributed by atoms with Crippen LogP contribution in [0.3, 0.4) is 0 Å². The van der Waals surface area contributed by atoms with Crippen molar-refractivity contribution in [3.8, 4) is 0 Å². The minimum atomic E-state index is -0.442. The highest BCUT2D eigenvalue weighted by Crippen LogP contribution is 2.04. The standard InChI is InChI=1S/C8H18N2O2/c1-6(8(12)10-3)4-7(11)5-9-2/h6-7,9,11H,4-5H2,1-3H3,(H,10,12). The van der Waals surface area contributed by atoms with Gasteiger partial charge >= 0.3 is 0 Å². The lowest BCUT2D eigenvalue weighted by Gasteiger charge is -2.14. The Bertz CT molecular complexity index is 139. The molecule has 0 heterocycles. The fraction of sp³-hybridized carbons (Fsp3) is 0.875. The molecule has 0 radical (unpaired) electrons. The fourth-order valence-corrected chi connectivity index (χ4v) is 1.08. The number of nitrogens with one attached hydrogen (secondary N) is 2. The van der Waals surface area contributed by atoms with E-state index >= 15 is 0 Å². The van der Waals surface area contributed by atoms with Gasteiger partial charge in [0.15, 0.2) is 0 Å². The van der Waals surface area contributed by atoms with E-state index in [-0.39, 0.29) is 11.8 Å². The summed E-state index contributed by atoms with van der Waals surface area (Å²) in [6.45, 7) is 2.33. The highest BCUT2D eigenvalue weighted by atomic mass is 16.3. The first kappa shape index (κ1) is 11.4. The van der Waals surface area contributed by atoms with E-state index in [1.54, 1.807) is 21.0 Å². The van der Waals surface area contributed by atoms with Crippen LogP contribution in [0.1, 0.15) is 13.3 Å². The second-order valence-electron chi connectivity index (χ2n) is 2.96. The number of aliphatic hydroxyl groups is 1. The molecule has 0 saturated heterocycles. The van der Waals surface area contributed by atoms with Crippen molar-refractivity contribution in [3.05, 3.63) is 0 Å². The van der Waals surface area contributed by atoms with E-state index in [1.807, 2.05) is 0 Å². The number of hydrogen-bond donors (Lipinski definition) is 3. The Kier molecular flexibility index (Phi) is 5.66. The quantitative estimate of drug-likeness (QED) is 0.518. The number of rotatable bonds is 5.